The van der Waals surface area contributed by atoms with Crippen LogP contribution in [0.25, 0.3) is 0 Å². The summed E-state index contributed by atoms with van der Waals surface area (Å²) in [4.78, 5) is 6.35. The van der Waals surface area contributed by atoms with Crippen molar-refractivity contribution in [3.8, 4) is 0 Å². The topological polar surface area (TPSA) is 46.8 Å². The number of aromatic nitrogens is 4. The molecular weight excluding hydrogens is 327 g/mol. The molecule has 10 heteroatoms. The summed E-state index contributed by atoms with van der Waals surface area (Å²) in [6.07, 6.45) is -4.46. The molecule has 114 valence electrons. The van der Waals surface area contributed by atoms with Crippen molar-refractivity contribution in [1.82, 2.24) is 24.6 Å². The van der Waals surface area contributed by atoms with Crippen LogP contribution in [0.15, 0.2) is 5.38 Å². The summed E-state index contributed by atoms with van der Waals surface area (Å²) < 4.78 is 39.4. The molecule has 0 fully saturated rings. The first-order valence-electron chi connectivity index (χ1n) is 6.18. The van der Waals surface area contributed by atoms with Gasteiger partial charge in [0.05, 0.1) is 24.7 Å². The molecule has 0 spiro atoms. The van der Waals surface area contributed by atoms with Gasteiger partial charge in [0.1, 0.15) is 10.8 Å². The van der Waals surface area contributed by atoms with E-state index in [9.17, 15) is 13.2 Å². The molecule has 0 N–H and O–H groups in total. The summed E-state index contributed by atoms with van der Waals surface area (Å²) in [5.41, 5.74) is 0.816. The van der Waals surface area contributed by atoms with E-state index in [1.54, 1.807) is 0 Å². The van der Waals surface area contributed by atoms with E-state index < -0.39 is 12.0 Å². The summed E-state index contributed by atoms with van der Waals surface area (Å²) in [5, 5.41) is 9.69. The van der Waals surface area contributed by atoms with Gasteiger partial charge in [-0.05, 0) is 0 Å². The van der Waals surface area contributed by atoms with Crippen molar-refractivity contribution in [2.75, 3.05) is 6.54 Å². The number of rotatable bonds is 3. The predicted octanol–water partition coefficient (Wildman–Crippen LogP) is 2.51. The van der Waals surface area contributed by atoms with Crippen molar-refractivity contribution in [2.45, 2.75) is 31.7 Å². The van der Waals surface area contributed by atoms with Crippen molar-refractivity contribution in [3.05, 3.63) is 27.7 Å². The lowest BCUT2D eigenvalue weighted by atomic mass is 10.3. The Morgan fingerprint density at radius 2 is 2.10 bits per heavy atom. The average Bonchev–Trinajstić information content (AvgIpc) is 3.03. The number of fused-ring (bicyclic) bond motifs is 1. The molecule has 21 heavy (non-hydrogen) atoms. The van der Waals surface area contributed by atoms with Crippen LogP contribution in [0.2, 0.25) is 0 Å². The Kier molecular flexibility index (Phi) is 3.89. The highest BCUT2D eigenvalue weighted by Crippen LogP contribution is 2.29. The van der Waals surface area contributed by atoms with Gasteiger partial charge in [0.25, 0.3) is 0 Å². The van der Waals surface area contributed by atoms with Crippen molar-refractivity contribution in [1.29, 1.82) is 0 Å². The van der Waals surface area contributed by atoms with E-state index in [0.717, 1.165) is 15.3 Å². The number of hydrogen-bond donors (Lipinski definition) is 0. The zero-order valence-corrected chi connectivity index (χ0v) is 12.3. The van der Waals surface area contributed by atoms with Crippen LogP contribution >= 0.6 is 22.9 Å². The molecule has 0 unspecified atom stereocenters. The minimum Gasteiger partial charge on any atom is -0.305 e. The van der Waals surface area contributed by atoms with Gasteiger partial charge in [0.2, 0.25) is 5.82 Å². The van der Waals surface area contributed by atoms with E-state index in [1.165, 1.54) is 11.3 Å². The van der Waals surface area contributed by atoms with Gasteiger partial charge in [-0.1, -0.05) is 0 Å². The fraction of sp³-hybridized carbons (Fsp3) is 0.545. The maximum Gasteiger partial charge on any atom is 0.451 e. The van der Waals surface area contributed by atoms with Crippen molar-refractivity contribution < 1.29 is 13.2 Å². The Bertz CT molecular complexity index is 638. The lowest BCUT2D eigenvalue weighted by Crippen LogP contribution is -2.34. The minimum absolute atomic E-state index is 0.227. The van der Waals surface area contributed by atoms with Crippen LogP contribution in [0.3, 0.4) is 0 Å². The highest BCUT2D eigenvalue weighted by Gasteiger charge is 2.39. The van der Waals surface area contributed by atoms with Crippen LogP contribution < -0.4 is 0 Å². The fourth-order valence-electron chi connectivity index (χ4n) is 2.23. The van der Waals surface area contributed by atoms with Gasteiger partial charge < -0.3 is 4.57 Å². The van der Waals surface area contributed by atoms with Gasteiger partial charge >= 0.3 is 6.18 Å². The van der Waals surface area contributed by atoms with Crippen LogP contribution in [0.1, 0.15) is 22.4 Å². The van der Waals surface area contributed by atoms with Crippen LogP contribution in [0.4, 0.5) is 13.2 Å². The van der Waals surface area contributed by atoms with E-state index in [-0.39, 0.29) is 6.54 Å². The highest BCUT2D eigenvalue weighted by atomic mass is 35.5. The van der Waals surface area contributed by atoms with E-state index in [2.05, 4.69) is 15.2 Å². The Morgan fingerprint density at radius 3 is 2.76 bits per heavy atom. The molecule has 5 nitrogen and oxygen atoms in total. The van der Waals surface area contributed by atoms with Gasteiger partial charge in [-0.3, -0.25) is 4.90 Å². The molecule has 1 aliphatic rings. The molecule has 0 bridgehead atoms. The van der Waals surface area contributed by atoms with E-state index in [1.807, 2.05) is 10.3 Å². The van der Waals surface area contributed by atoms with Gasteiger partial charge in [0.15, 0.2) is 0 Å². The molecule has 3 heterocycles. The van der Waals surface area contributed by atoms with Gasteiger partial charge in [-0.2, -0.15) is 13.2 Å². The Balaban J connectivity index is 1.72. The highest BCUT2D eigenvalue weighted by molar-refractivity contribution is 7.09. The summed E-state index contributed by atoms with van der Waals surface area (Å²) in [6.45, 7) is 1.64. The molecule has 2 aromatic heterocycles. The largest absolute Gasteiger partial charge is 0.451 e. The molecule has 1 aliphatic heterocycles. The second-order valence-electron chi connectivity index (χ2n) is 4.67. The third-order valence-corrected chi connectivity index (χ3v) is 4.34. The number of nitrogens with zero attached hydrogens (tertiary/aromatic N) is 5. The van der Waals surface area contributed by atoms with E-state index in [0.29, 0.717) is 31.3 Å². The lowest BCUT2D eigenvalue weighted by Gasteiger charge is -2.27. The SMILES string of the molecule is FC(F)(F)c1nnc2n1CCN(Cc1nc(CCl)cs1)C2. The second-order valence-corrected chi connectivity index (χ2v) is 5.88. The standard InChI is InChI=1S/C11H11ClF3N5S/c12-3-7-6-21-9(16-7)5-19-1-2-20-8(4-19)17-18-10(20)11(13,14)15/h6H,1-5H2. The number of alkyl halides is 4. The molecule has 0 amide bonds. The quantitative estimate of drug-likeness (QED) is 0.807. The van der Waals surface area contributed by atoms with Crippen LogP contribution in [0.5, 0.6) is 0 Å². The molecule has 0 aromatic carbocycles. The molecule has 0 saturated carbocycles. The summed E-state index contributed by atoms with van der Waals surface area (Å²) >= 11 is 7.20. The minimum atomic E-state index is -4.46. The van der Waals surface area contributed by atoms with Gasteiger partial charge in [0, 0.05) is 18.5 Å². The summed E-state index contributed by atoms with van der Waals surface area (Å²) in [5.74, 6) is -0.224. The molecule has 0 saturated heterocycles. The van der Waals surface area contributed by atoms with Crippen molar-refractivity contribution >= 4 is 22.9 Å². The molecule has 0 aliphatic carbocycles. The Morgan fingerprint density at radius 1 is 1.29 bits per heavy atom. The van der Waals surface area contributed by atoms with Gasteiger partial charge in [-0.15, -0.1) is 33.1 Å². The fourth-order valence-corrected chi connectivity index (χ4v) is 3.29. The molecular formula is C11H11ClF3N5S. The first-order valence-corrected chi connectivity index (χ1v) is 7.59. The monoisotopic (exact) mass is 337 g/mol. The number of halogens is 4. The predicted molar refractivity (Wildman–Crippen MR) is 70.8 cm³/mol. The van der Waals surface area contributed by atoms with Crippen molar-refractivity contribution in [2.24, 2.45) is 0 Å². The molecule has 0 atom stereocenters. The summed E-state index contributed by atoms with van der Waals surface area (Å²) in [7, 11) is 0. The van der Waals surface area contributed by atoms with E-state index in [4.69, 9.17) is 11.6 Å². The van der Waals surface area contributed by atoms with Crippen LogP contribution in [-0.4, -0.2) is 31.2 Å². The number of hydrogen-bond acceptors (Lipinski definition) is 5. The Labute approximate surface area is 127 Å². The average molecular weight is 338 g/mol. The lowest BCUT2D eigenvalue weighted by molar-refractivity contribution is -0.148. The molecule has 2 aromatic rings. The molecule has 0 radical (unpaired) electrons. The Hall–Kier alpha value is -1.19. The normalized spacial score (nSPS) is 16.2. The number of thiazole rings is 1. The first kappa shape index (κ1) is 14.7. The zero-order valence-electron chi connectivity index (χ0n) is 10.8. The second kappa shape index (κ2) is 5.54. The first-order chi connectivity index (χ1) is 9.97. The summed E-state index contributed by atoms with van der Waals surface area (Å²) in [6, 6.07) is 0. The smallest absolute Gasteiger partial charge is 0.305 e. The van der Waals surface area contributed by atoms with Gasteiger partial charge in [-0.25, -0.2) is 4.98 Å². The third kappa shape index (κ3) is 3.04. The maximum absolute atomic E-state index is 12.7. The van der Waals surface area contributed by atoms with E-state index >= 15 is 0 Å². The maximum atomic E-state index is 12.7. The van der Waals surface area contributed by atoms with Crippen molar-refractivity contribution in [3.63, 3.8) is 0 Å². The zero-order chi connectivity index (χ0) is 15.0. The molecule has 3 rings (SSSR count). The van der Waals surface area contributed by atoms with Crippen LogP contribution in [-0.2, 0) is 31.7 Å². The third-order valence-electron chi connectivity index (χ3n) is 3.18. The van der Waals surface area contributed by atoms with Crippen LogP contribution in [0, 0.1) is 0 Å².